The second-order valence-corrected chi connectivity index (χ2v) is 7.21. The zero-order valence-electron chi connectivity index (χ0n) is 15.0. The van der Waals surface area contributed by atoms with E-state index in [2.05, 4.69) is 31.8 Å². The summed E-state index contributed by atoms with van der Waals surface area (Å²) in [5, 5.41) is 0.656. The summed E-state index contributed by atoms with van der Waals surface area (Å²) < 4.78 is 7.63. The molecular weight excluding hydrogens is 312 g/mol. The van der Waals surface area contributed by atoms with Crippen molar-refractivity contribution in [1.82, 2.24) is 9.55 Å². The SMILES string of the molecule is CC(C)(C)c1ccccc1OCCCn1cnc2ccccc2c1=O. The van der Waals surface area contributed by atoms with Gasteiger partial charge >= 0.3 is 0 Å². The maximum Gasteiger partial charge on any atom is 0.261 e. The summed E-state index contributed by atoms with van der Waals surface area (Å²) in [7, 11) is 0. The van der Waals surface area contributed by atoms with Gasteiger partial charge in [-0.15, -0.1) is 0 Å². The third-order valence-corrected chi connectivity index (χ3v) is 4.23. The molecule has 2 aromatic carbocycles. The van der Waals surface area contributed by atoms with Gasteiger partial charge in [-0.1, -0.05) is 51.1 Å². The van der Waals surface area contributed by atoms with Crippen molar-refractivity contribution in [3.63, 3.8) is 0 Å². The predicted molar refractivity (Wildman–Crippen MR) is 101 cm³/mol. The van der Waals surface area contributed by atoms with Crippen LogP contribution in [0.15, 0.2) is 59.7 Å². The highest BCUT2D eigenvalue weighted by Crippen LogP contribution is 2.30. The summed E-state index contributed by atoms with van der Waals surface area (Å²) >= 11 is 0. The zero-order chi connectivity index (χ0) is 17.9. The van der Waals surface area contributed by atoms with Crippen LogP contribution in [-0.2, 0) is 12.0 Å². The molecule has 0 bridgehead atoms. The van der Waals surface area contributed by atoms with Gasteiger partial charge in [0, 0.05) is 6.54 Å². The Bertz CT molecular complexity index is 923. The Balaban J connectivity index is 1.65. The van der Waals surface area contributed by atoms with E-state index in [9.17, 15) is 4.79 Å². The van der Waals surface area contributed by atoms with Crippen LogP contribution in [-0.4, -0.2) is 16.2 Å². The fourth-order valence-electron chi connectivity index (χ4n) is 2.89. The molecule has 0 saturated carbocycles. The molecule has 0 N–H and O–H groups in total. The summed E-state index contributed by atoms with van der Waals surface area (Å²) in [5.41, 5.74) is 1.97. The average Bonchev–Trinajstić information content (AvgIpc) is 2.60. The van der Waals surface area contributed by atoms with Crippen LogP contribution in [0.25, 0.3) is 10.9 Å². The number of ether oxygens (including phenoxy) is 1. The van der Waals surface area contributed by atoms with E-state index in [4.69, 9.17) is 4.74 Å². The number of aromatic nitrogens is 2. The van der Waals surface area contributed by atoms with Gasteiger partial charge in [-0.05, 0) is 35.6 Å². The van der Waals surface area contributed by atoms with E-state index in [1.54, 1.807) is 10.9 Å². The van der Waals surface area contributed by atoms with Crippen molar-refractivity contribution in [2.24, 2.45) is 0 Å². The lowest BCUT2D eigenvalue weighted by Crippen LogP contribution is -2.21. The van der Waals surface area contributed by atoms with E-state index in [0.29, 0.717) is 18.5 Å². The molecule has 0 spiro atoms. The van der Waals surface area contributed by atoms with Crippen molar-refractivity contribution in [2.45, 2.75) is 39.2 Å². The lowest BCUT2D eigenvalue weighted by Gasteiger charge is -2.22. The van der Waals surface area contributed by atoms with Gasteiger partial charge in [0.05, 0.1) is 23.8 Å². The first-order valence-corrected chi connectivity index (χ1v) is 8.63. The molecule has 3 aromatic rings. The third-order valence-electron chi connectivity index (χ3n) is 4.23. The molecular formula is C21H24N2O2. The van der Waals surface area contributed by atoms with Crippen molar-refractivity contribution in [1.29, 1.82) is 0 Å². The largest absolute Gasteiger partial charge is 0.493 e. The Morgan fingerprint density at radius 2 is 1.76 bits per heavy atom. The second-order valence-electron chi connectivity index (χ2n) is 7.21. The summed E-state index contributed by atoms with van der Waals surface area (Å²) in [6.45, 7) is 7.68. The van der Waals surface area contributed by atoms with Crippen LogP contribution < -0.4 is 10.3 Å². The van der Waals surface area contributed by atoms with Gasteiger partial charge < -0.3 is 4.74 Å². The molecule has 4 heteroatoms. The van der Waals surface area contributed by atoms with Crippen molar-refractivity contribution in [3.8, 4) is 5.75 Å². The van der Waals surface area contributed by atoms with Crippen molar-refractivity contribution in [3.05, 3.63) is 70.8 Å². The van der Waals surface area contributed by atoms with Crippen LogP contribution in [0.3, 0.4) is 0 Å². The molecule has 130 valence electrons. The highest BCUT2D eigenvalue weighted by molar-refractivity contribution is 5.76. The number of benzene rings is 2. The molecule has 0 unspecified atom stereocenters. The fraction of sp³-hybridized carbons (Fsp3) is 0.333. The number of para-hydroxylation sites is 2. The average molecular weight is 336 g/mol. The number of rotatable bonds is 5. The summed E-state index contributed by atoms with van der Waals surface area (Å²) in [4.78, 5) is 16.8. The molecule has 1 heterocycles. The monoisotopic (exact) mass is 336 g/mol. The number of hydrogen-bond donors (Lipinski definition) is 0. The molecule has 25 heavy (non-hydrogen) atoms. The topological polar surface area (TPSA) is 44.1 Å². The number of aryl methyl sites for hydroxylation is 1. The molecule has 0 aliphatic rings. The van der Waals surface area contributed by atoms with Gasteiger partial charge in [-0.2, -0.15) is 0 Å². The first-order chi connectivity index (χ1) is 12.0. The Labute approximate surface area is 148 Å². The first kappa shape index (κ1) is 17.2. The Morgan fingerprint density at radius 3 is 2.56 bits per heavy atom. The standard InChI is InChI=1S/C21H24N2O2/c1-21(2,3)17-10-5-7-12-19(17)25-14-8-13-23-15-22-18-11-6-4-9-16(18)20(23)24/h4-7,9-12,15H,8,13-14H2,1-3H3. The Kier molecular flexibility index (Phi) is 4.88. The highest BCUT2D eigenvalue weighted by atomic mass is 16.5. The number of hydrogen-bond acceptors (Lipinski definition) is 3. The smallest absolute Gasteiger partial charge is 0.261 e. The predicted octanol–water partition coefficient (Wildman–Crippen LogP) is 4.16. The van der Waals surface area contributed by atoms with E-state index >= 15 is 0 Å². The molecule has 0 aliphatic heterocycles. The summed E-state index contributed by atoms with van der Waals surface area (Å²) in [6.07, 6.45) is 2.37. The fourth-order valence-corrected chi connectivity index (χ4v) is 2.89. The molecule has 3 rings (SSSR count). The van der Waals surface area contributed by atoms with Gasteiger partial charge in [0.15, 0.2) is 0 Å². The van der Waals surface area contributed by atoms with E-state index in [0.717, 1.165) is 17.7 Å². The maximum atomic E-state index is 12.5. The van der Waals surface area contributed by atoms with E-state index in [-0.39, 0.29) is 11.0 Å². The molecule has 0 radical (unpaired) electrons. The minimum atomic E-state index is 0.000640. The highest BCUT2D eigenvalue weighted by Gasteiger charge is 2.18. The van der Waals surface area contributed by atoms with Crippen LogP contribution in [0, 0.1) is 0 Å². The van der Waals surface area contributed by atoms with E-state index in [1.807, 2.05) is 42.5 Å². The molecule has 1 aromatic heterocycles. The van der Waals surface area contributed by atoms with Gasteiger partial charge in [-0.3, -0.25) is 9.36 Å². The Hall–Kier alpha value is -2.62. The zero-order valence-corrected chi connectivity index (χ0v) is 15.0. The molecule has 4 nitrogen and oxygen atoms in total. The van der Waals surface area contributed by atoms with Crippen LogP contribution in [0.1, 0.15) is 32.8 Å². The normalized spacial score (nSPS) is 11.6. The van der Waals surface area contributed by atoms with Crippen molar-refractivity contribution in [2.75, 3.05) is 6.61 Å². The maximum absolute atomic E-state index is 12.5. The molecule has 0 aliphatic carbocycles. The van der Waals surface area contributed by atoms with Gasteiger partial charge in [0.2, 0.25) is 0 Å². The lowest BCUT2D eigenvalue weighted by molar-refractivity contribution is 0.293. The van der Waals surface area contributed by atoms with Crippen LogP contribution in [0.4, 0.5) is 0 Å². The van der Waals surface area contributed by atoms with E-state index in [1.165, 1.54) is 5.56 Å². The quantitative estimate of drug-likeness (QED) is 0.657. The van der Waals surface area contributed by atoms with Crippen molar-refractivity contribution >= 4 is 10.9 Å². The van der Waals surface area contributed by atoms with E-state index < -0.39 is 0 Å². The van der Waals surface area contributed by atoms with Gasteiger partial charge in [-0.25, -0.2) is 4.98 Å². The van der Waals surface area contributed by atoms with Crippen LogP contribution >= 0.6 is 0 Å². The molecule has 0 saturated heterocycles. The molecule has 0 fully saturated rings. The lowest BCUT2D eigenvalue weighted by atomic mass is 9.86. The minimum Gasteiger partial charge on any atom is -0.493 e. The van der Waals surface area contributed by atoms with Crippen LogP contribution in [0.2, 0.25) is 0 Å². The second kappa shape index (κ2) is 7.09. The number of fused-ring (bicyclic) bond motifs is 1. The van der Waals surface area contributed by atoms with Crippen molar-refractivity contribution < 1.29 is 4.74 Å². The van der Waals surface area contributed by atoms with Gasteiger partial charge in [0.1, 0.15) is 5.75 Å². The molecule has 0 amide bonds. The molecule has 0 atom stereocenters. The first-order valence-electron chi connectivity index (χ1n) is 8.63. The Morgan fingerprint density at radius 1 is 1.04 bits per heavy atom. The third kappa shape index (κ3) is 3.90. The minimum absolute atomic E-state index is 0.000640. The summed E-state index contributed by atoms with van der Waals surface area (Å²) in [6, 6.07) is 15.6. The van der Waals surface area contributed by atoms with Crippen LogP contribution in [0.5, 0.6) is 5.75 Å². The summed E-state index contributed by atoms with van der Waals surface area (Å²) in [5.74, 6) is 0.916. The number of nitrogens with zero attached hydrogens (tertiary/aromatic N) is 2. The van der Waals surface area contributed by atoms with Gasteiger partial charge in [0.25, 0.3) is 5.56 Å².